The van der Waals surface area contributed by atoms with Gasteiger partial charge in [0.2, 0.25) is 5.91 Å². The van der Waals surface area contributed by atoms with E-state index in [0.29, 0.717) is 6.61 Å². The second-order valence-electron chi connectivity index (χ2n) is 5.89. The third-order valence-corrected chi connectivity index (χ3v) is 4.37. The van der Waals surface area contributed by atoms with Gasteiger partial charge in [-0.15, -0.1) is 0 Å². The summed E-state index contributed by atoms with van der Waals surface area (Å²) in [6.07, 6.45) is 4.66. The zero-order chi connectivity index (χ0) is 14.0. The number of esters is 1. The molecular weight excluding hydrogens is 244 g/mol. The lowest BCUT2D eigenvalue weighted by molar-refractivity contribution is -0.153. The van der Waals surface area contributed by atoms with Crippen molar-refractivity contribution in [1.82, 2.24) is 4.90 Å². The Morgan fingerprint density at radius 1 is 1.37 bits per heavy atom. The van der Waals surface area contributed by atoms with E-state index in [4.69, 9.17) is 10.5 Å². The summed E-state index contributed by atoms with van der Waals surface area (Å²) in [5.74, 6) is -0.286. The fourth-order valence-corrected chi connectivity index (χ4v) is 2.89. The molecule has 0 aromatic carbocycles. The molecular formula is C14H24N2O3. The highest BCUT2D eigenvalue weighted by Gasteiger charge is 2.48. The standard InChI is InChI=1S/C14H24N2O3/c1-3-19-12(17)9-16(10-6-7-10)13(18)14(2)8-4-5-11(14)15/h10-11H,3-9,15H2,1-2H3. The molecule has 5 nitrogen and oxygen atoms in total. The fraction of sp³-hybridized carbons (Fsp3) is 0.857. The SMILES string of the molecule is CCOC(=O)CN(C(=O)C1(C)CCCC1N)C1CC1. The average molecular weight is 268 g/mol. The number of amides is 1. The minimum absolute atomic E-state index is 0.0352. The Labute approximate surface area is 114 Å². The molecule has 108 valence electrons. The topological polar surface area (TPSA) is 72.6 Å². The van der Waals surface area contributed by atoms with Crippen molar-refractivity contribution >= 4 is 11.9 Å². The lowest BCUT2D eigenvalue weighted by Crippen LogP contribution is -2.51. The number of hydrogen-bond donors (Lipinski definition) is 1. The summed E-state index contributed by atoms with van der Waals surface area (Å²) in [4.78, 5) is 26.1. The number of rotatable bonds is 5. The predicted molar refractivity (Wildman–Crippen MR) is 71.3 cm³/mol. The molecule has 0 spiro atoms. The number of hydrogen-bond acceptors (Lipinski definition) is 4. The monoisotopic (exact) mass is 268 g/mol. The number of ether oxygens (including phenoxy) is 1. The van der Waals surface area contributed by atoms with E-state index in [2.05, 4.69) is 0 Å². The number of nitrogens with two attached hydrogens (primary N) is 1. The molecule has 0 aromatic heterocycles. The van der Waals surface area contributed by atoms with Crippen LogP contribution in [0.2, 0.25) is 0 Å². The van der Waals surface area contributed by atoms with E-state index >= 15 is 0 Å². The Balaban J connectivity index is 2.06. The molecule has 0 bridgehead atoms. The lowest BCUT2D eigenvalue weighted by atomic mass is 9.83. The van der Waals surface area contributed by atoms with Gasteiger partial charge in [-0.25, -0.2) is 0 Å². The third kappa shape index (κ3) is 2.91. The van der Waals surface area contributed by atoms with Gasteiger partial charge in [-0.2, -0.15) is 0 Å². The molecule has 2 rings (SSSR count). The largest absolute Gasteiger partial charge is 0.465 e. The Hall–Kier alpha value is -1.10. The third-order valence-electron chi connectivity index (χ3n) is 4.37. The highest BCUT2D eigenvalue weighted by atomic mass is 16.5. The van der Waals surface area contributed by atoms with E-state index in [0.717, 1.165) is 32.1 Å². The van der Waals surface area contributed by atoms with Crippen LogP contribution in [-0.4, -0.2) is 42.0 Å². The summed E-state index contributed by atoms with van der Waals surface area (Å²) >= 11 is 0. The molecule has 2 fully saturated rings. The van der Waals surface area contributed by atoms with Gasteiger partial charge in [-0.3, -0.25) is 9.59 Å². The van der Waals surface area contributed by atoms with Gasteiger partial charge in [0, 0.05) is 12.1 Å². The first kappa shape index (κ1) is 14.3. The average Bonchev–Trinajstić information content (AvgIpc) is 3.14. The quantitative estimate of drug-likeness (QED) is 0.757. The summed E-state index contributed by atoms with van der Waals surface area (Å²) in [5.41, 5.74) is 5.59. The van der Waals surface area contributed by atoms with E-state index in [1.54, 1.807) is 11.8 Å². The summed E-state index contributed by atoms with van der Waals surface area (Å²) < 4.78 is 4.96. The summed E-state index contributed by atoms with van der Waals surface area (Å²) in [7, 11) is 0. The van der Waals surface area contributed by atoms with E-state index in [9.17, 15) is 9.59 Å². The maximum atomic E-state index is 12.7. The molecule has 1 amide bonds. The first-order chi connectivity index (χ1) is 8.99. The van der Waals surface area contributed by atoms with Crippen LogP contribution in [0.15, 0.2) is 0 Å². The van der Waals surface area contributed by atoms with Crippen LogP contribution < -0.4 is 5.73 Å². The molecule has 2 atom stereocenters. The molecule has 0 aromatic rings. The van der Waals surface area contributed by atoms with Gasteiger partial charge < -0.3 is 15.4 Å². The highest BCUT2D eigenvalue weighted by Crippen LogP contribution is 2.40. The smallest absolute Gasteiger partial charge is 0.325 e. The molecule has 19 heavy (non-hydrogen) atoms. The van der Waals surface area contributed by atoms with Crippen LogP contribution in [0.1, 0.15) is 46.0 Å². The molecule has 0 heterocycles. The van der Waals surface area contributed by atoms with Crippen LogP contribution in [0.5, 0.6) is 0 Å². The summed E-state index contributed by atoms with van der Waals surface area (Å²) in [6, 6.07) is 0.116. The molecule has 2 aliphatic rings. The molecule has 0 aliphatic heterocycles. The van der Waals surface area contributed by atoms with Crippen molar-refractivity contribution in [3.8, 4) is 0 Å². The van der Waals surface area contributed by atoms with Crippen LogP contribution in [0.3, 0.4) is 0 Å². The first-order valence-electron chi connectivity index (χ1n) is 7.21. The van der Waals surface area contributed by atoms with Gasteiger partial charge in [0.15, 0.2) is 0 Å². The number of carbonyl (C=O) groups is 2. The molecule has 0 radical (unpaired) electrons. The van der Waals surface area contributed by atoms with Crippen molar-refractivity contribution in [2.24, 2.45) is 11.1 Å². The second-order valence-corrected chi connectivity index (χ2v) is 5.89. The second kappa shape index (κ2) is 5.49. The van der Waals surface area contributed by atoms with E-state index in [1.807, 2.05) is 6.92 Å². The van der Waals surface area contributed by atoms with Gasteiger partial charge in [0.1, 0.15) is 6.54 Å². The molecule has 5 heteroatoms. The minimum Gasteiger partial charge on any atom is -0.465 e. The summed E-state index contributed by atoms with van der Waals surface area (Å²) in [6.45, 7) is 4.13. The highest BCUT2D eigenvalue weighted by molar-refractivity contribution is 5.87. The normalized spacial score (nSPS) is 30.2. The predicted octanol–water partition coefficient (Wildman–Crippen LogP) is 1.06. The van der Waals surface area contributed by atoms with Crippen molar-refractivity contribution < 1.29 is 14.3 Å². The van der Waals surface area contributed by atoms with Crippen LogP contribution >= 0.6 is 0 Å². The Bertz CT molecular complexity index is 368. The van der Waals surface area contributed by atoms with Gasteiger partial charge >= 0.3 is 5.97 Å². The van der Waals surface area contributed by atoms with Gasteiger partial charge in [-0.05, 0) is 39.5 Å². The van der Waals surface area contributed by atoms with E-state index in [-0.39, 0.29) is 30.5 Å². The minimum atomic E-state index is -0.505. The molecule has 2 saturated carbocycles. The Morgan fingerprint density at radius 2 is 2.05 bits per heavy atom. The fourth-order valence-electron chi connectivity index (χ4n) is 2.89. The molecule has 2 N–H and O–H groups in total. The van der Waals surface area contributed by atoms with E-state index < -0.39 is 5.41 Å². The number of carbonyl (C=O) groups excluding carboxylic acids is 2. The van der Waals surface area contributed by atoms with Crippen molar-refractivity contribution in [2.75, 3.05) is 13.2 Å². The summed E-state index contributed by atoms with van der Waals surface area (Å²) in [5, 5.41) is 0. The molecule has 2 unspecified atom stereocenters. The van der Waals surface area contributed by atoms with Crippen LogP contribution in [0.25, 0.3) is 0 Å². The lowest BCUT2D eigenvalue weighted by Gasteiger charge is -2.34. The van der Waals surface area contributed by atoms with Crippen molar-refractivity contribution in [1.29, 1.82) is 0 Å². The van der Waals surface area contributed by atoms with Crippen molar-refractivity contribution in [2.45, 2.75) is 58.0 Å². The zero-order valence-corrected chi connectivity index (χ0v) is 11.9. The van der Waals surface area contributed by atoms with Gasteiger partial charge in [-0.1, -0.05) is 6.42 Å². The van der Waals surface area contributed by atoms with Gasteiger partial charge in [0.05, 0.1) is 12.0 Å². The van der Waals surface area contributed by atoms with Crippen LogP contribution in [0.4, 0.5) is 0 Å². The number of nitrogens with zero attached hydrogens (tertiary/aromatic N) is 1. The maximum absolute atomic E-state index is 12.7. The first-order valence-corrected chi connectivity index (χ1v) is 7.21. The zero-order valence-electron chi connectivity index (χ0n) is 11.9. The van der Waals surface area contributed by atoms with Crippen molar-refractivity contribution in [3.05, 3.63) is 0 Å². The van der Waals surface area contributed by atoms with E-state index in [1.165, 1.54) is 0 Å². The van der Waals surface area contributed by atoms with Crippen molar-refractivity contribution in [3.63, 3.8) is 0 Å². The Kier molecular flexibility index (Phi) is 4.13. The van der Waals surface area contributed by atoms with Gasteiger partial charge in [0.25, 0.3) is 0 Å². The maximum Gasteiger partial charge on any atom is 0.325 e. The Morgan fingerprint density at radius 3 is 2.53 bits per heavy atom. The van der Waals surface area contributed by atoms with Crippen LogP contribution in [-0.2, 0) is 14.3 Å². The molecule has 0 saturated heterocycles. The van der Waals surface area contributed by atoms with Crippen LogP contribution in [0, 0.1) is 5.41 Å². The molecule has 2 aliphatic carbocycles.